The first kappa shape index (κ1) is 19.4. The van der Waals surface area contributed by atoms with E-state index in [4.69, 9.17) is 4.74 Å². The first-order chi connectivity index (χ1) is 14.0. The van der Waals surface area contributed by atoms with Gasteiger partial charge in [-0.05, 0) is 31.5 Å². The molecule has 0 aliphatic carbocycles. The van der Waals surface area contributed by atoms with Gasteiger partial charge in [-0.15, -0.1) is 0 Å². The number of carbonyl (C=O) groups excluding carboxylic acids is 1. The largest absolute Gasteiger partial charge is 0.396 e. The SMILES string of the molecule is CC(C)Nc1c(C(=O)NCC2(CO)COC2)cnc2ccc(-c3cn[nH]c3)cc12. The van der Waals surface area contributed by atoms with Crippen molar-refractivity contribution in [2.75, 3.05) is 31.7 Å². The average Bonchev–Trinajstić information content (AvgIpc) is 3.21. The Morgan fingerprint density at radius 1 is 1.31 bits per heavy atom. The van der Waals surface area contributed by atoms with Gasteiger partial charge in [0.2, 0.25) is 0 Å². The molecule has 29 heavy (non-hydrogen) atoms. The number of fused-ring (bicyclic) bond motifs is 1. The van der Waals surface area contributed by atoms with Crippen molar-refractivity contribution >= 4 is 22.5 Å². The molecule has 1 saturated heterocycles. The summed E-state index contributed by atoms with van der Waals surface area (Å²) in [5.74, 6) is -0.226. The van der Waals surface area contributed by atoms with Gasteiger partial charge in [0.05, 0.1) is 48.2 Å². The lowest BCUT2D eigenvalue weighted by Gasteiger charge is -2.39. The van der Waals surface area contributed by atoms with Gasteiger partial charge >= 0.3 is 0 Å². The van der Waals surface area contributed by atoms with E-state index in [0.29, 0.717) is 25.3 Å². The van der Waals surface area contributed by atoms with Gasteiger partial charge in [0, 0.05) is 35.9 Å². The van der Waals surface area contributed by atoms with E-state index < -0.39 is 0 Å². The highest BCUT2D eigenvalue weighted by molar-refractivity contribution is 6.07. The molecule has 0 radical (unpaired) electrons. The molecule has 3 heterocycles. The summed E-state index contributed by atoms with van der Waals surface area (Å²) in [6, 6.07) is 6.08. The number of benzene rings is 1. The van der Waals surface area contributed by atoms with Crippen molar-refractivity contribution in [1.29, 1.82) is 0 Å². The number of carbonyl (C=O) groups is 1. The minimum absolute atomic E-state index is 0.0194. The Hall–Kier alpha value is -2.97. The second-order valence-corrected chi connectivity index (χ2v) is 7.90. The Balaban J connectivity index is 1.71. The Kier molecular flexibility index (Phi) is 5.21. The van der Waals surface area contributed by atoms with Crippen molar-refractivity contribution in [1.82, 2.24) is 20.5 Å². The van der Waals surface area contributed by atoms with E-state index >= 15 is 0 Å². The molecule has 8 nitrogen and oxygen atoms in total. The van der Waals surface area contributed by atoms with Crippen LogP contribution in [0.2, 0.25) is 0 Å². The summed E-state index contributed by atoms with van der Waals surface area (Å²) < 4.78 is 5.21. The van der Waals surface area contributed by atoms with Gasteiger partial charge in [0.15, 0.2) is 0 Å². The van der Waals surface area contributed by atoms with Crippen LogP contribution in [0, 0.1) is 5.41 Å². The molecule has 1 amide bonds. The number of rotatable bonds is 7. The summed E-state index contributed by atoms with van der Waals surface area (Å²) in [5.41, 5.74) is 3.59. The maximum absolute atomic E-state index is 13.0. The van der Waals surface area contributed by atoms with Gasteiger partial charge in [0.1, 0.15) is 0 Å². The molecule has 0 spiro atoms. The van der Waals surface area contributed by atoms with Gasteiger partial charge in [-0.3, -0.25) is 14.9 Å². The molecule has 0 saturated carbocycles. The molecule has 0 bridgehead atoms. The molecular formula is C21H25N5O3. The van der Waals surface area contributed by atoms with E-state index in [2.05, 4.69) is 25.8 Å². The summed E-state index contributed by atoms with van der Waals surface area (Å²) in [4.78, 5) is 17.5. The molecule has 1 aliphatic rings. The van der Waals surface area contributed by atoms with E-state index in [9.17, 15) is 9.90 Å². The number of ether oxygens (including phenoxy) is 1. The summed E-state index contributed by atoms with van der Waals surface area (Å²) in [7, 11) is 0. The third-order valence-corrected chi connectivity index (χ3v) is 5.15. The number of aliphatic hydroxyl groups is 1. The number of H-pyrrole nitrogens is 1. The Labute approximate surface area is 168 Å². The summed E-state index contributed by atoms with van der Waals surface area (Å²) >= 11 is 0. The average molecular weight is 395 g/mol. The molecule has 8 heteroatoms. The minimum atomic E-state index is -0.389. The van der Waals surface area contributed by atoms with Gasteiger partial charge in [0.25, 0.3) is 5.91 Å². The first-order valence-corrected chi connectivity index (χ1v) is 9.67. The molecule has 4 N–H and O–H groups in total. The number of aromatic nitrogens is 3. The van der Waals surface area contributed by atoms with E-state index in [1.807, 2.05) is 38.2 Å². The lowest BCUT2D eigenvalue weighted by atomic mass is 9.87. The van der Waals surface area contributed by atoms with E-state index in [-0.39, 0.29) is 24.0 Å². The highest BCUT2D eigenvalue weighted by atomic mass is 16.5. The third kappa shape index (κ3) is 3.81. The van der Waals surface area contributed by atoms with Crippen LogP contribution in [0.1, 0.15) is 24.2 Å². The molecule has 1 aromatic carbocycles. The topological polar surface area (TPSA) is 112 Å². The smallest absolute Gasteiger partial charge is 0.255 e. The van der Waals surface area contributed by atoms with Crippen LogP contribution in [0.5, 0.6) is 0 Å². The monoisotopic (exact) mass is 395 g/mol. The fourth-order valence-corrected chi connectivity index (χ4v) is 3.40. The standard InChI is InChI=1S/C21H25N5O3/c1-13(2)26-19-16-5-14(15-6-24-25-7-15)3-4-18(16)22-8-17(19)20(28)23-9-21(10-27)11-29-12-21/h3-8,13,27H,9-12H2,1-2H3,(H,22,26)(H,23,28)(H,24,25). The minimum Gasteiger partial charge on any atom is -0.396 e. The summed E-state index contributed by atoms with van der Waals surface area (Å²) in [5, 5.41) is 23.6. The fourth-order valence-electron chi connectivity index (χ4n) is 3.40. The van der Waals surface area contributed by atoms with Crippen molar-refractivity contribution in [2.24, 2.45) is 5.41 Å². The fraction of sp³-hybridized carbons (Fsp3) is 0.381. The van der Waals surface area contributed by atoms with Crippen LogP contribution in [0.3, 0.4) is 0 Å². The highest BCUT2D eigenvalue weighted by Gasteiger charge is 2.38. The molecule has 0 atom stereocenters. The molecule has 152 valence electrons. The molecule has 3 aromatic rings. The van der Waals surface area contributed by atoms with Crippen LogP contribution in [0.4, 0.5) is 5.69 Å². The summed E-state index contributed by atoms with van der Waals surface area (Å²) in [6.45, 7) is 5.29. The number of aliphatic hydroxyl groups excluding tert-OH is 1. The second-order valence-electron chi connectivity index (χ2n) is 7.90. The van der Waals surface area contributed by atoms with E-state index in [1.165, 1.54) is 0 Å². The van der Waals surface area contributed by atoms with E-state index in [0.717, 1.165) is 27.7 Å². The van der Waals surface area contributed by atoms with Crippen LogP contribution in [-0.4, -0.2) is 58.6 Å². The zero-order valence-electron chi connectivity index (χ0n) is 16.5. The van der Waals surface area contributed by atoms with Crippen molar-refractivity contribution in [3.05, 3.63) is 42.4 Å². The van der Waals surface area contributed by atoms with Crippen molar-refractivity contribution in [3.63, 3.8) is 0 Å². The van der Waals surface area contributed by atoms with Crippen LogP contribution in [-0.2, 0) is 4.74 Å². The molecule has 2 aromatic heterocycles. The number of aromatic amines is 1. The van der Waals surface area contributed by atoms with Gasteiger partial charge in [-0.1, -0.05) is 6.07 Å². The molecule has 1 fully saturated rings. The predicted molar refractivity (Wildman–Crippen MR) is 111 cm³/mol. The summed E-state index contributed by atoms with van der Waals surface area (Å²) in [6.07, 6.45) is 5.19. The normalized spacial score (nSPS) is 15.3. The Morgan fingerprint density at radius 2 is 2.14 bits per heavy atom. The van der Waals surface area contributed by atoms with Gasteiger partial charge in [-0.25, -0.2) is 0 Å². The van der Waals surface area contributed by atoms with Crippen LogP contribution in [0.15, 0.2) is 36.8 Å². The van der Waals surface area contributed by atoms with Crippen LogP contribution >= 0.6 is 0 Å². The number of hydrogen-bond donors (Lipinski definition) is 4. The number of hydrogen-bond acceptors (Lipinski definition) is 6. The zero-order chi connectivity index (χ0) is 20.4. The maximum Gasteiger partial charge on any atom is 0.255 e. The van der Waals surface area contributed by atoms with Crippen molar-refractivity contribution < 1.29 is 14.6 Å². The van der Waals surface area contributed by atoms with Crippen LogP contribution in [0.25, 0.3) is 22.0 Å². The molecule has 0 unspecified atom stereocenters. The quantitative estimate of drug-likeness (QED) is 0.488. The molecular weight excluding hydrogens is 370 g/mol. The maximum atomic E-state index is 13.0. The first-order valence-electron chi connectivity index (χ1n) is 9.67. The van der Waals surface area contributed by atoms with Gasteiger partial charge < -0.3 is 20.5 Å². The number of pyridine rings is 1. The zero-order valence-corrected chi connectivity index (χ0v) is 16.5. The number of nitrogens with one attached hydrogen (secondary N) is 3. The molecule has 4 rings (SSSR count). The highest BCUT2D eigenvalue weighted by Crippen LogP contribution is 2.31. The predicted octanol–water partition coefficient (Wildman–Crippen LogP) is 2.18. The van der Waals surface area contributed by atoms with Crippen LogP contribution < -0.4 is 10.6 Å². The lowest BCUT2D eigenvalue weighted by Crippen LogP contribution is -2.53. The number of nitrogens with zero attached hydrogens (tertiary/aromatic N) is 2. The number of anilines is 1. The lowest BCUT2D eigenvalue weighted by molar-refractivity contribution is -0.133. The van der Waals surface area contributed by atoms with Gasteiger partial charge in [-0.2, -0.15) is 5.10 Å². The number of amides is 1. The molecule has 1 aliphatic heterocycles. The van der Waals surface area contributed by atoms with Crippen molar-refractivity contribution in [3.8, 4) is 11.1 Å². The third-order valence-electron chi connectivity index (χ3n) is 5.15. The van der Waals surface area contributed by atoms with Crippen molar-refractivity contribution in [2.45, 2.75) is 19.9 Å². The Bertz CT molecular complexity index is 1010. The Morgan fingerprint density at radius 3 is 2.76 bits per heavy atom. The second kappa shape index (κ2) is 7.81. The van der Waals surface area contributed by atoms with E-state index in [1.54, 1.807) is 12.4 Å².